The lowest BCUT2D eigenvalue weighted by Gasteiger charge is -2.14. The largest absolute Gasteiger partial charge is 0.452 e. The van der Waals surface area contributed by atoms with Gasteiger partial charge < -0.3 is 10.1 Å². The summed E-state index contributed by atoms with van der Waals surface area (Å²) in [4.78, 5) is 23.5. The second-order valence-electron chi connectivity index (χ2n) is 6.12. The third-order valence-corrected chi connectivity index (χ3v) is 5.18. The molecule has 2 aromatic rings. The number of halogens is 1. The third kappa shape index (κ3) is 6.43. The van der Waals surface area contributed by atoms with Crippen LogP contribution in [0.4, 0.5) is 4.39 Å². The maximum atomic E-state index is 13.1. The van der Waals surface area contributed by atoms with Gasteiger partial charge >= 0.3 is 5.97 Å². The van der Waals surface area contributed by atoms with Crippen molar-refractivity contribution in [1.29, 1.82) is 0 Å². The lowest BCUT2D eigenvalue weighted by molar-refractivity contribution is -0.153. The average Bonchev–Trinajstić information content (AvgIpc) is 2.65. The SMILES string of the molecule is Cc1ccc(CNC(=O)[C@@H](C)OC(=O)CNS(=O)(=O)c2cccc(F)c2)cc1. The van der Waals surface area contributed by atoms with E-state index in [1.165, 1.54) is 19.1 Å². The number of amides is 1. The van der Waals surface area contributed by atoms with Gasteiger partial charge in [0.2, 0.25) is 10.0 Å². The first-order valence-corrected chi connectivity index (χ1v) is 9.93. The lowest BCUT2D eigenvalue weighted by atomic mass is 10.1. The number of carbonyl (C=O) groups is 2. The van der Waals surface area contributed by atoms with E-state index in [9.17, 15) is 22.4 Å². The van der Waals surface area contributed by atoms with Crippen LogP contribution in [0.2, 0.25) is 0 Å². The fraction of sp³-hybridized carbons (Fsp3) is 0.263. The number of aryl methyl sites for hydroxylation is 1. The molecular formula is C19H21FN2O5S. The van der Waals surface area contributed by atoms with E-state index >= 15 is 0 Å². The summed E-state index contributed by atoms with van der Waals surface area (Å²) in [6.45, 7) is 2.91. The Balaban J connectivity index is 1.81. The Kier molecular flexibility index (Phi) is 7.24. The molecule has 0 unspecified atom stereocenters. The first kappa shape index (κ1) is 21.5. The molecule has 0 spiro atoms. The molecule has 150 valence electrons. The molecule has 0 bridgehead atoms. The normalized spacial score (nSPS) is 12.2. The molecule has 1 atom stereocenters. The van der Waals surface area contributed by atoms with Gasteiger partial charge in [-0.1, -0.05) is 35.9 Å². The molecule has 0 aliphatic heterocycles. The Morgan fingerprint density at radius 2 is 1.82 bits per heavy atom. The van der Waals surface area contributed by atoms with Crippen LogP contribution in [0.25, 0.3) is 0 Å². The third-order valence-electron chi connectivity index (χ3n) is 3.78. The Morgan fingerprint density at radius 3 is 2.46 bits per heavy atom. The predicted molar refractivity (Wildman–Crippen MR) is 100 cm³/mol. The minimum Gasteiger partial charge on any atom is -0.452 e. The summed E-state index contributed by atoms with van der Waals surface area (Å²) >= 11 is 0. The zero-order valence-electron chi connectivity index (χ0n) is 15.4. The molecule has 28 heavy (non-hydrogen) atoms. The number of hydrogen-bond acceptors (Lipinski definition) is 5. The number of rotatable bonds is 8. The number of ether oxygens (including phenoxy) is 1. The van der Waals surface area contributed by atoms with Crippen molar-refractivity contribution in [1.82, 2.24) is 10.0 Å². The molecule has 1 amide bonds. The van der Waals surface area contributed by atoms with Gasteiger partial charge in [-0.05, 0) is 37.6 Å². The topological polar surface area (TPSA) is 102 Å². The van der Waals surface area contributed by atoms with E-state index < -0.39 is 40.4 Å². The van der Waals surface area contributed by atoms with Crippen molar-refractivity contribution in [2.45, 2.75) is 31.4 Å². The molecule has 0 radical (unpaired) electrons. The summed E-state index contributed by atoms with van der Waals surface area (Å²) in [7, 11) is -4.08. The Hall–Kier alpha value is -2.78. The Bertz CT molecular complexity index is 945. The summed E-state index contributed by atoms with van der Waals surface area (Å²) in [5, 5.41) is 2.63. The average molecular weight is 408 g/mol. The van der Waals surface area contributed by atoms with E-state index in [0.717, 1.165) is 23.3 Å². The van der Waals surface area contributed by atoms with Gasteiger partial charge in [-0.15, -0.1) is 0 Å². The summed E-state index contributed by atoms with van der Waals surface area (Å²) in [6.07, 6.45) is -1.10. The Morgan fingerprint density at radius 1 is 1.14 bits per heavy atom. The summed E-state index contributed by atoms with van der Waals surface area (Å²) in [5.74, 6) is -2.16. The van der Waals surface area contributed by atoms with Crippen LogP contribution in [0.5, 0.6) is 0 Å². The van der Waals surface area contributed by atoms with Gasteiger partial charge in [0.05, 0.1) is 4.90 Å². The van der Waals surface area contributed by atoms with E-state index in [-0.39, 0.29) is 11.4 Å². The highest BCUT2D eigenvalue weighted by Crippen LogP contribution is 2.10. The minimum absolute atomic E-state index is 0.271. The Labute approximate surface area is 163 Å². The number of nitrogens with one attached hydrogen (secondary N) is 2. The fourth-order valence-electron chi connectivity index (χ4n) is 2.20. The second kappa shape index (κ2) is 9.43. The van der Waals surface area contributed by atoms with Crippen LogP contribution in [-0.2, 0) is 30.9 Å². The molecular weight excluding hydrogens is 387 g/mol. The molecule has 0 aromatic heterocycles. The van der Waals surface area contributed by atoms with Crippen LogP contribution in [0.15, 0.2) is 53.4 Å². The van der Waals surface area contributed by atoms with Crippen molar-refractivity contribution >= 4 is 21.9 Å². The number of sulfonamides is 1. The summed E-state index contributed by atoms with van der Waals surface area (Å²) < 4.78 is 44.1. The number of hydrogen-bond donors (Lipinski definition) is 2. The van der Waals surface area contributed by atoms with Crippen LogP contribution in [0.1, 0.15) is 18.1 Å². The maximum Gasteiger partial charge on any atom is 0.321 e. The van der Waals surface area contributed by atoms with Gasteiger partial charge in [0.15, 0.2) is 6.10 Å². The van der Waals surface area contributed by atoms with Crippen molar-refractivity contribution in [3.8, 4) is 0 Å². The van der Waals surface area contributed by atoms with Crippen LogP contribution >= 0.6 is 0 Å². The zero-order chi connectivity index (χ0) is 20.7. The first-order chi connectivity index (χ1) is 13.2. The molecule has 0 fully saturated rings. The second-order valence-corrected chi connectivity index (χ2v) is 7.88. The van der Waals surface area contributed by atoms with Gasteiger partial charge in [0.1, 0.15) is 12.4 Å². The summed E-state index contributed by atoms with van der Waals surface area (Å²) in [5.41, 5.74) is 1.98. The standard InChI is InChI=1S/C19H21FN2O5S/c1-13-6-8-15(9-7-13)11-21-19(24)14(2)27-18(23)12-22-28(25,26)17-5-3-4-16(20)10-17/h3-10,14,22H,11-12H2,1-2H3,(H,21,24)/t14-/m1/s1. The molecule has 2 aromatic carbocycles. The van der Waals surface area contributed by atoms with Crippen molar-refractivity contribution in [3.63, 3.8) is 0 Å². The highest BCUT2D eigenvalue weighted by atomic mass is 32.2. The molecule has 2 N–H and O–H groups in total. The lowest BCUT2D eigenvalue weighted by Crippen LogP contribution is -2.38. The van der Waals surface area contributed by atoms with E-state index in [4.69, 9.17) is 4.74 Å². The van der Waals surface area contributed by atoms with Gasteiger partial charge in [-0.25, -0.2) is 12.8 Å². The number of benzene rings is 2. The zero-order valence-corrected chi connectivity index (χ0v) is 16.3. The minimum atomic E-state index is -4.08. The highest BCUT2D eigenvalue weighted by molar-refractivity contribution is 7.89. The van der Waals surface area contributed by atoms with Crippen molar-refractivity contribution in [2.24, 2.45) is 0 Å². The van der Waals surface area contributed by atoms with Crippen molar-refractivity contribution < 1.29 is 27.1 Å². The number of carbonyl (C=O) groups excluding carboxylic acids is 2. The van der Waals surface area contributed by atoms with E-state index in [1.807, 2.05) is 35.9 Å². The monoisotopic (exact) mass is 408 g/mol. The van der Waals surface area contributed by atoms with Crippen LogP contribution < -0.4 is 10.0 Å². The van der Waals surface area contributed by atoms with E-state index in [1.54, 1.807) is 0 Å². The van der Waals surface area contributed by atoms with Crippen LogP contribution in [0, 0.1) is 12.7 Å². The van der Waals surface area contributed by atoms with Gasteiger partial charge in [-0.3, -0.25) is 9.59 Å². The number of esters is 1. The quantitative estimate of drug-likeness (QED) is 0.647. The molecule has 0 heterocycles. The molecule has 0 saturated heterocycles. The highest BCUT2D eigenvalue weighted by Gasteiger charge is 2.20. The molecule has 7 nitrogen and oxygen atoms in total. The van der Waals surface area contributed by atoms with Gasteiger partial charge in [-0.2, -0.15) is 4.72 Å². The van der Waals surface area contributed by atoms with Gasteiger partial charge in [0.25, 0.3) is 5.91 Å². The predicted octanol–water partition coefficient (Wildman–Crippen LogP) is 1.66. The van der Waals surface area contributed by atoms with Crippen molar-refractivity contribution in [2.75, 3.05) is 6.54 Å². The molecule has 9 heteroatoms. The van der Waals surface area contributed by atoms with E-state index in [0.29, 0.717) is 0 Å². The molecule has 0 saturated carbocycles. The first-order valence-electron chi connectivity index (χ1n) is 8.45. The van der Waals surface area contributed by atoms with Crippen LogP contribution in [-0.4, -0.2) is 32.9 Å². The molecule has 2 rings (SSSR count). The fourth-order valence-corrected chi connectivity index (χ4v) is 3.20. The van der Waals surface area contributed by atoms with Gasteiger partial charge in [0, 0.05) is 6.54 Å². The molecule has 0 aliphatic carbocycles. The smallest absolute Gasteiger partial charge is 0.321 e. The maximum absolute atomic E-state index is 13.1. The summed E-state index contributed by atoms with van der Waals surface area (Å²) in [6, 6.07) is 11.9. The van der Waals surface area contributed by atoms with E-state index in [2.05, 4.69) is 5.32 Å². The van der Waals surface area contributed by atoms with Crippen LogP contribution in [0.3, 0.4) is 0 Å². The molecule has 0 aliphatic rings. The van der Waals surface area contributed by atoms with Crippen molar-refractivity contribution in [3.05, 3.63) is 65.5 Å².